The molecule has 9 nitrogen and oxygen atoms in total. The number of hydrogen-bond acceptors (Lipinski definition) is 7. The van der Waals surface area contributed by atoms with Crippen molar-refractivity contribution >= 4 is 20.8 Å². The first-order valence-corrected chi connectivity index (χ1v) is 17.2. The summed E-state index contributed by atoms with van der Waals surface area (Å²) in [7, 11) is -9.11. The highest BCUT2D eigenvalue weighted by molar-refractivity contribution is 7.81. The molecule has 4 fully saturated rings. The molecule has 7 unspecified atom stereocenters. The lowest BCUT2D eigenvalue weighted by atomic mass is 9.44. The maximum Gasteiger partial charge on any atom is 0.397 e. The summed E-state index contributed by atoms with van der Waals surface area (Å²) in [6, 6.07) is 0. The molecule has 0 heterocycles. The van der Waals surface area contributed by atoms with Gasteiger partial charge in [0, 0.05) is 0 Å². The molecule has 0 bridgehead atoms. The lowest BCUT2D eigenvalue weighted by molar-refractivity contribution is -0.157. The number of aliphatic hydroxyl groups excluding tert-OH is 1. The van der Waals surface area contributed by atoms with Crippen LogP contribution in [0.5, 0.6) is 0 Å². The van der Waals surface area contributed by atoms with Gasteiger partial charge in [0.2, 0.25) is 0 Å². The predicted octanol–water partition coefficient (Wildman–Crippen LogP) is 5.07. The second-order valence-electron chi connectivity index (χ2n) is 13.8. The third-order valence-corrected chi connectivity index (χ3v) is 12.3. The first-order chi connectivity index (χ1) is 17.5. The molecule has 3 N–H and O–H groups in total. The van der Waals surface area contributed by atoms with Gasteiger partial charge in [0.1, 0.15) is 6.10 Å². The summed E-state index contributed by atoms with van der Waals surface area (Å²) < 4.78 is 73.8. The summed E-state index contributed by atoms with van der Waals surface area (Å²) in [5.74, 6) is 2.64. The Hall–Kier alpha value is -0.300. The van der Waals surface area contributed by atoms with E-state index in [1.807, 2.05) is 0 Å². The Morgan fingerprint density at radius 2 is 1.58 bits per heavy atom. The van der Waals surface area contributed by atoms with Gasteiger partial charge in [0.25, 0.3) is 0 Å². The van der Waals surface area contributed by atoms with Gasteiger partial charge in [-0.25, -0.2) is 8.37 Å². The Labute approximate surface area is 229 Å². The summed E-state index contributed by atoms with van der Waals surface area (Å²) in [6.45, 7) is 9.04. The zero-order chi connectivity index (χ0) is 28.1. The topological polar surface area (TPSA) is 147 Å². The molecule has 0 spiro atoms. The van der Waals surface area contributed by atoms with E-state index in [2.05, 4.69) is 27.7 Å². The molecule has 38 heavy (non-hydrogen) atoms. The van der Waals surface area contributed by atoms with E-state index >= 15 is 0 Å². The van der Waals surface area contributed by atoms with Crippen LogP contribution in [-0.4, -0.2) is 49.9 Å². The first-order valence-electron chi connectivity index (χ1n) is 14.5. The van der Waals surface area contributed by atoms with E-state index in [1.54, 1.807) is 0 Å². The quantitative estimate of drug-likeness (QED) is 0.301. The van der Waals surface area contributed by atoms with Crippen LogP contribution >= 0.6 is 0 Å². The molecule has 0 radical (unpaired) electrons. The first kappa shape index (κ1) is 30.7. The SMILES string of the molecule is CC(C)CCCC(COS(=O)(=O)O)[C@H]1CCC2C3CCC4CC(OS(=O)(=O)O)C(O)C[C@]4(C)C3CC[C@@]21C. The smallest absolute Gasteiger partial charge is 0.390 e. The number of fused-ring (bicyclic) bond motifs is 5. The van der Waals surface area contributed by atoms with Gasteiger partial charge in [0.15, 0.2) is 0 Å². The van der Waals surface area contributed by atoms with Crippen LogP contribution in [0, 0.1) is 52.3 Å². The van der Waals surface area contributed by atoms with Crippen molar-refractivity contribution in [2.24, 2.45) is 52.3 Å². The van der Waals surface area contributed by atoms with Gasteiger partial charge in [0.05, 0.1) is 12.7 Å². The Kier molecular flexibility index (Phi) is 9.01. The van der Waals surface area contributed by atoms with Crippen molar-refractivity contribution < 1.29 is 39.4 Å². The van der Waals surface area contributed by atoms with Gasteiger partial charge in [-0.3, -0.25) is 9.11 Å². The summed E-state index contributed by atoms with van der Waals surface area (Å²) in [6.07, 6.45) is 8.17. The fourth-order valence-corrected chi connectivity index (χ4v) is 10.6. The zero-order valence-electron chi connectivity index (χ0n) is 23.3. The van der Waals surface area contributed by atoms with Crippen molar-refractivity contribution in [2.75, 3.05) is 6.61 Å². The maximum atomic E-state index is 11.4. The molecule has 10 atom stereocenters. The van der Waals surface area contributed by atoms with Gasteiger partial charge in [-0.1, -0.05) is 40.5 Å². The zero-order valence-corrected chi connectivity index (χ0v) is 24.9. The summed E-state index contributed by atoms with van der Waals surface area (Å²) in [4.78, 5) is 0. The fraction of sp³-hybridized carbons (Fsp3) is 1.00. The molecule has 222 valence electrons. The normalized spacial score (nSPS) is 42.4. The van der Waals surface area contributed by atoms with Gasteiger partial charge in [-0.05, 0) is 110 Å². The van der Waals surface area contributed by atoms with Gasteiger partial charge in [-0.15, -0.1) is 0 Å². The number of aliphatic hydroxyl groups is 1. The van der Waals surface area contributed by atoms with Crippen molar-refractivity contribution in [3.63, 3.8) is 0 Å². The molecule has 4 aliphatic carbocycles. The van der Waals surface area contributed by atoms with Crippen LogP contribution in [0.15, 0.2) is 0 Å². The predicted molar refractivity (Wildman–Crippen MR) is 143 cm³/mol. The Bertz CT molecular complexity index is 1040. The Morgan fingerprint density at radius 1 is 0.895 bits per heavy atom. The van der Waals surface area contributed by atoms with Gasteiger partial charge in [-0.2, -0.15) is 16.8 Å². The lowest BCUT2D eigenvalue weighted by Crippen LogP contribution is -2.57. The largest absolute Gasteiger partial charge is 0.397 e. The van der Waals surface area contributed by atoms with Crippen LogP contribution in [0.2, 0.25) is 0 Å². The minimum absolute atomic E-state index is 0.0269. The standard InChI is InChI=1S/C27H48O9S2/c1-17(2)6-5-7-18(16-35-37(29,30)31)21-10-11-22-20-9-8-19-14-25(36-38(32,33)34)24(28)15-27(19,4)23(20)12-13-26(21,22)3/h17-25,28H,5-16H2,1-4H3,(H,29,30,31)(H,32,33,34)/t18?,19?,20?,21-,22?,23?,24?,25?,26-,27+/m1/s1. The summed E-state index contributed by atoms with van der Waals surface area (Å²) in [5, 5.41) is 10.8. The molecule has 0 aromatic carbocycles. The van der Waals surface area contributed by atoms with Crippen LogP contribution < -0.4 is 0 Å². The van der Waals surface area contributed by atoms with Crippen molar-refractivity contribution in [3.05, 3.63) is 0 Å². The number of hydrogen-bond donors (Lipinski definition) is 3. The van der Waals surface area contributed by atoms with E-state index in [4.69, 9.17) is 8.37 Å². The third-order valence-electron chi connectivity index (χ3n) is 11.3. The van der Waals surface area contributed by atoms with Crippen molar-refractivity contribution in [2.45, 2.75) is 111 Å². The third kappa shape index (κ3) is 6.44. The maximum absolute atomic E-state index is 11.4. The fourth-order valence-electron chi connectivity index (χ4n) is 9.70. The molecule has 11 heteroatoms. The minimum Gasteiger partial charge on any atom is -0.390 e. The van der Waals surface area contributed by atoms with Crippen LogP contribution in [0.25, 0.3) is 0 Å². The molecule has 0 aromatic rings. The second kappa shape index (κ2) is 11.2. The van der Waals surface area contributed by atoms with E-state index in [0.29, 0.717) is 42.4 Å². The van der Waals surface area contributed by atoms with Crippen molar-refractivity contribution in [1.29, 1.82) is 0 Å². The van der Waals surface area contributed by atoms with E-state index in [0.717, 1.165) is 57.8 Å². The highest BCUT2D eigenvalue weighted by Gasteiger charge is 2.62. The molecule has 4 rings (SSSR count). The van der Waals surface area contributed by atoms with Gasteiger partial charge < -0.3 is 5.11 Å². The highest BCUT2D eigenvalue weighted by atomic mass is 32.3. The van der Waals surface area contributed by atoms with Crippen LogP contribution in [0.1, 0.15) is 98.3 Å². The average molecular weight is 581 g/mol. The van der Waals surface area contributed by atoms with E-state index in [-0.39, 0.29) is 29.3 Å². The summed E-state index contributed by atoms with van der Waals surface area (Å²) in [5.41, 5.74) is -0.0507. The molecule has 0 aliphatic heterocycles. The van der Waals surface area contributed by atoms with Crippen LogP contribution in [0.3, 0.4) is 0 Å². The second-order valence-corrected chi connectivity index (χ2v) is 15.9. The monoisotopic (exact) mass is 580 g/mol. The molecule has 0 amide bonds. The van der Waals surface area contributed by atoms with E-state index in [1.165, 1.54) is 0 Å². The Balaban J connectivity index is 1.51. The van der Waals surface area contributed by atoms with Crippen molar-refractivity contribution in [1.82, 2.24) is 0 Å². The van der Waals surface area contributed by atoms with Gasteiger partial charge >= 0.3 is 20.8 Å². The number of rotatable bonds is 10. The molecular weight excluding hydrogens is 532 g/mol. The average Bonchev–Trinajstić information content (AvgIpc) is 3.12. The van der Waals surface area contributed by atoms with E-state index in [9.17, 15) is 31.0 Å². The van der Waals surface area contributed by atoms with Crippen LogP contribution in [0.4, 0.5) is 0 Å². The summed E-state index contributed by atoms with van der Waals surface area (Å²) >= 11 is 0. The minimum atomic E-state index is -4.62. The van der Waals surface area contributed by atoms with Crippen molar-refractivity contribution in [3.8, 4) is 0 Å². The molecule has 0 saturated heterocycles. The highest BCUT2D eigenvalue weighted by Crippen LogP contribution is 2.68. The molecule has 0 aromatic heterocycles. The lowest BCUT2D eigenvalue weighted by Gasteiger charge is -2.62. The molecule has 4 saturated carbocycles. The molecule has 4 aliphatic rings. The van der Waals surface area contributed by atoms with Crippen LogP contribution in [-0.2, 0) is 29.2 Å². The molecular formula is C27H48O9S2. The van der Waals surface area contributed by atoms with E-state index < -0.39 is 33.0 Å². The Morgan fingerprint density at radius 3 is 2.21 bits per heavy atom.